The average molecular weight is 210 g/mol. The Bertz CT molecular complexity index is 223. The van der Waals surface area contributed by atoms with E-state index in [9.17, 15) is 0 Å². The fourth-order valence-corrected chi connectivity index (χ4v) is 2.03. The lowest BCUT2D eigenvalue weighted by Gasteiger charge is -2.47. The van der Waals surface area contributed by atoms with Gasteiger partial charge < -0.3 is 4.90 Å². The highest BCUT2D eigenvalue weighted by Gasteiger charge is 2.32. The van der Waals surface area contributed by atoms with Gasteiger partial charge in [0.05, 0.1) is 0 Å². The summed E-state index contributed by atoms with van der Waals surface area (Å²) in [6.45, 7) is 20.0. The molecule has 0 N–H and O–H groups in total. The Morgan fingerprint density at radius 1 is 1.13 bits per heavy atom. The summed E-state index contributed by atoms with van der Waals surface area (Å²) in [5.41, 5.74) is 1.53. The van der Waals surface area contributed by atoms with Crippen molar-refractivity contribution in [2.75, 3.05) is 26.2 Å². The lowest BCUT2D eigenvalue weighted by Crippen LogP contribution is -2.56. The fraction of sp³-hybridized carbons (Fsp3) is 0.846. The molecule has 0 atom stereocenters. The second-order valence-electron chi connectivity index (χ2n) is 5.52. The van der Waals surface area contributed by atoms with Crippen molar-refractivity contribution >= 4 is 0 Å². The Balaban J connectivity index is 2.54. The highest BCUT2D eigenvalue weighted by molar-refractivity contribution is 4.95. The Morgan fingerprint density at radius 2 is 1.60 bits per heavy atom. The Morgan fingerprint density at radius 3 is 1.93 bits per heavy atom. The summed E-state index contributed by atoms with van der Waals surface area (Å²) in [7, 11) is 0. The van der Waals surface area contributed by atoms with Gasteiger partial charge in [0.15, 0.2) is 0 Å². The highest BCUT2D eigenvalue weighted by Crippen LogP contribution is 2.25. The van der Waals surface area contributed by atoms with Crippen molar-refractivity contribution in [2.24, 2.45) is 5.92 Å². The minimum Gasteiger partial charge on any atom is -0.373 e. The van der Waals surface area contributed by atoms with Gasteiger partial charge in [-0.15, -0.1) is 0 Å². The molecule has 0 radical (unpaired) electrons. The van der Waals surface area contributed by atoms with E-state index in [4.69, 9.17) is 0 Å². The number of hydrogen-bond donors (Lipinski definition) is 0. The minimum absolute atomic E-state index is 0.321. The summed E-state index contributed by atoms with van der Waals surface area (Å²) in [5.74, 6) is 0.703. The summed E-state index contributed by atoms with van der Waals surface area (Å²) < 4.78 is 0. The van der Waals surface area contributed by atoms with Gasteiger partial charge in [0, 0.05) is 37.4 Å². The zero-order chi connectivity index (χ0) is 11.6. The number of nitrogens with zero attached hydrogens (tertiary/aromatic N) is 2. The lowest BCUT2D eigenvalue weighted by molar-refractivity contribution is 0.0352. The van der Waals surface area contributed by atoms with Gasteiger partial charge in [-0.05, 0) is 26.7 Å². The van der Waals surface area contributed by atoms with Crippen molar-refractivity contribution < 1.29 is 0 Å². The van der Waals surface area contributed by atoms with E-state index in [2.05, 4.69) is 51.0 Å². The van der Waals surface area contributed by atoms with Crippen molar-refractivity contribution in [3.8, 4) is 0 Å². The SMILES string of the molecule is C=C(C)N1CCN(C(C)(C)C(C)C)CC1. The summed E-state index contributed by atoms with van der Waals surface area (Å²) in [6.07, 6.45) is 0. The van der Waals surface area contributed by atoms with E-state index in [1.807, 2.05) is 0 Å². The molecule has 1 heterocycles. The third kappa shape index (κ3) is 2.75. The molecular formula is C13H26N2. The molecule has 0 unspecified atom stereocenters. The van der Waals surface area contributed by atoms with Crippen LogP contribution in [0.2, 0.25) is 0 Å². The summed E-state index contributed by atoms with van der Waals surface area (Å²) in [4.78, 5) is 4.99. The summed E-state index contributed by atoms with van der Waals surface area (Å²) in [5, 5.41) is 0. The van der Waals surface area contributed by atoms with Crippen LogP contribution < -0.4 is 0 Å². The largest absolute Gasteiger partial charge is 0.373 e. The lowest BCUT2D eigenvalue weighted by atomic mass is 9.88. The Labute approximate surface area is 94.9 Å². The predicted octanol–water partition coefficient (Wildman–Crippen LogP) is 2.57. The first-order valence-electron chi connectivity index (χ1n) is 6.01. The van der Waals surface area contributed by atoms with E-state index in [1.54, 1.807) is 0 Å². The Kier molecular flexibility index (Phi) is 3.82. The van der Waals surface area contributed by atoms with E-state index in [1.165, 1.54) is 5.70 Å². The fourth-order valence-electron chi connectivity index (χ4n) is 2.03. The van der Waals surface area contributed by atoms with E-state index in [0.29, 0.717) is 11.5 Å². The van der Waals surface area contributed by atoms with Gasteiger partial charge in [0.25, 0.3) is 0 Å². The second kappa shape index (κ2) is 4.56. The molecule has 1 rings (SSSR count). The molecular weight excluding hydrogens is 184 g/mol. The monoisotopic (exact) mass is 210 g/mol. The van der Waals surface area contributed by atoms with Crippen LogP contribution in [0, 0.1) is 5.92 Å². The van der Waals surface area contributed by atoms with Crippen molar-refractivity contribution in [2.45, 2.75) is 40.2 Å². The van der Waals surface area contributed by atoms with Crippen LogP contribution in [-0.2, 0) is 0 Å². The van der Waals surface area contributed by atoms with Crippen LogP contribution >= 0.6 is 0 Å². The normalized spacial score (nSPS) is 19.7. The molecule has 2 heteroatoms. The average Bonchev–Trinajstić information content (AvgIpc) is 2.17. The van der Waals surface area contributed by atoms with Gasteiger partial charge >= 0.3 is 0 Å². The van der Waals surface area contributed by atoms with E-state index >= 15 is 0 Å². The summed E-state index contributed by atoms with van der Waals surface area (Å²) in [6, 6.07) is 0. The number of piperazine rings is 1. The van der Waals surface area contributed by atoms with Crippen LogP contribution in [0.3, 0.4) is 0 Å². The first-order valence-corrected chi connectivity index (χ1v) is 6.01. The van der Waals surface area contributed by atoms with Crippen LogP contribution in [-0.4, -0.2) is 41.5 Å². The molecule has 0 aromatic heterocycles. The molecule has 1 aliphatic heterocycles. The second-order valence-corrected chi connectivity index (χ2v) is 5.52. The quantitative estimate of drug-likeness (QED) is 0.706. The number of rotatable bonds is 3. The van der Waals surface area contributed by atoms with Gasteiger partial charge in [-0.2, -0.15) is 0 Å². The summed E-state index contributed by atoms with van der Waals surface area (Å²) >= 11 is 0. The molecule has 0 aromatic rings. The maximum absolute atomic E-state index is 4.01. The van der Waals surface area contributed by atoms with Gasteiger partial charge in [0.1, 0.15) is 0 Å². The first kappa shape index (κ1) is 12.6. The first-order chi connectivity index (χ1) is 6.85. The standard InChI is InChI=1S/C13H26N2/c1-11(2)13(5,6)15-9-7-14(8-10-15)12(3)4/h11H,3,7-10H2,1-2,4-6H3. The topological polar surface area (TPSA) is 6.48 Å². The van der Waals surface area contributed by atoms with Crippen molar-refractivity contribution in [1.82, 2.24) is 9.80 Å². The molecule has 15 heavy (non-hydrogen) atoms. The number of allylic oxidation sites excluding steroid dienone is 1. The van der Waals surface area contributed by atoms with E-state index in [-0.39, 0.29) is 0 Å². The molecule has 1 aliphatic rings. The van der Waals surface area contributed by atoms with Gasteiger partial charge in [-0.3, -0.25) is 4.90 Å². The van der Waals surface area contributed by atoms with Crippen molar-refractivity contribution in [1.29, 1.82) is 0 Å². The molecule has 0 amide bonds. The molecule has 0 aromatic carbocycles. The van der Waals surface area contributed by atoms with Crippen molar-refractivity contribution in [3.05, 3.63) is 12.3 Å². The van der Waals surface area contributed by atoms with Gasteiger partial charge in [-0.25, -0.2) is 0 Å². The molecule has 1 saturated heterocycles. The maximum Gasteiger partial charge on any atom is 0.0303 e. The van der Waals surface area contributed by atoms with Crippen LogP contribution in [0.15, 0.2) is 12.3 Å². The Hall–Kier alpha value is -0.500. The van der Waals surface area contributed by atoms with Crippen LogP contribution in [0.25, 0.3) is 0 Å². The molecule has 0 saturated carbocycles. The predicted molar refractivity (Wildman–Crippen MR) is 66.9 cm³/mol. The molecule has 88 valence electrons. The zero-order valence-corrected chi connectivity index (χ0v) is 11.0. The van der Waals surface area contributed by atoms with E-state index in [0.717, 1.165) is 26.2 Å². The smallest absolute Gasteiger partial charge is 0.0303 e. The minimum atomic E-state index is 0.321. The van der Waals surface area contributed by atoms with Gasteiger partial charge in [0.2, 0.25) is 0 Å². The highest BCUT2D eigenvalue weighted by atomic mass is 15.3. The third-order valence-corrected chi connectivity index (χ3v) is 4.05. The van der Waals surface area contributed by atoms with Gasteiger partial charge in [-0.1, -0.05) is 20.4 Å². The zero-order valence-electron chi connectivity index (χ0n) is 11.0. The molecule has 1 fully saturated rings. The van der Waals surface area contributed by atoms with Crippen molar-refractivity contribution in [3.63, 3.8) is 0 Å². The molecule has 0 spiro atoms. The maximum atomic E-state index is 4.01. The molecule has 0 aliphatic carbocycles. The molecule has 2 nitrogen and oxygen atoms in total. The third-order valence-electron chi connectivity index (χ3n) is 4.05. The van der Waals surface area contributed by atoms with Crippen LogP contribution in [0.4, 0.5) is 0 Å². The van der Waals surface area contributed by atoms with E-state index < -0.39 is 0 Å². The molecule has 0 bridgehead atoms. The van der Waals surface area contributed by atoms with Crippen LogP contribution in [0.5, 0.6) is 0 Å². The van der Waals surface area contributed by atoms with Crippen LogP contribution in [0.1, 0.15) is 34.6 Å². The number of hydrogen-bond acceptors (Lipinski definition) is 2.